The first kappa shape index (κ1) is 13.2. The zero-order valence-corrected chi connectivity index (χ0v) is 11.8. The Morgan fingerprint density at radius 1 is 1.20 bits per heavy atom. The van der Waals surface area contributed by atoms with Crippen LogP contribution >= 0.6 is 11.6 Å². The van der Waals surface area contributed by atoms with Gasteiger partial charge in [-0.1, -0.05) is 41.9 Å². The summed E-state index contributed by atoms with van der Waals surface area (Å²) < 4.78 is 0. The zero-order chi connectivity index (χ0) is 14.1. The second-order valence-electron chi connectivity index (χ2n) is 5.17. The van der Waals surface area contributed by atoms with Crippen LogP contribution in [0.3, 0.4) is 0 Å². The minimum Gasteiger partial charge on any atom is -0.391 e. The SMILES string of the molecule is C#CCC(O)C1c2ccccc2Cc2cc(Cl)ccc21. The summed E-state index contributed by atoms with van der Waals surface area (Å²) in [6, 6.07) is 14.1. The van der Waals surface area contributed by atoms with Crippen molar-refractivity contribution in [3.63, 3.8) is 0 Å². The third kappa shape index (κ3) is 2.22. The molecule has 0 aromatic heterocycles. The molecule has 0 amide bonds. The van der Waals surface area contributed by atoms with E-state index < -0.39 is 6.10 Å². The highest BCUT2D eigenvalue weighted by atomic mass is 35.5. The molecule has 0 fully saturated rings. The van der Waals surface area contributed by atoms with Crippen molar-refractivity contribution in [3.05, 3.63) is 69.7 Å². The summed E-state index contributed by atoms with van der Waals surface area (Å²) in [5.41, 5.74) is 4.72. The van der Waals surface area contributed by atoms with Gasteiger partial charge in [-0.3, -0.25) is 0 Å². The van der Waals surface area contributed by atoms with Crippen molar-refractivity contribution in [2.75, 3.05) is 0 Å². The molecule has 0 bridgehead atoms. The van der Waals surface area contributed by atoms with Crippen molar-refractivity contribution in [1.82, 2.24) is 0 Å². The molecule has 3 rings (SSSR count). The molecule has 0 aliphatic heterocycles. The van der Waals surface area contributed by atoms with E-state index in [-0.39, 0.29) is 5.92 Å². The molecule has 1 nitrogen and oxygen atoms in total. The van der Waals surface area contributed by atoms with Gasteiger partial charge in [-0.05, 0) is 40.8 Å². The number of hydrogen-bond acceptors (Lipinski definition) is 1. The summed E-state index contributed by atoms with van der Waals surface area (Å²) in [6.07, 6.45) is 6.00. The third-order valence-electron chi connectivity index (χ3n) is 3.92. The first-order valence-corrected chi connectivity index (χ1v) is 7.06. The van der Waals surface area contributed by atoms with Crippen molar-refractivity contribution in [3.8, 4) is 12.3 Å². The van der Waals surface area contributed by atoms with Crippen LogP contribution in [-0.4, -0.2) is 11.2 Å². The fourth-order valence-corrected chi connectivity index (χ4v) is 3.25. The highest BCUT2D eigenvalue weighted by Gasteiger charge is 2.30. The minimum atomic E-state index is -0.568. The standard InChI is InChI=1S/C18H15ClO/c1-2-5-17(20)18-15-7-4-3-6-12(15)10-13-11-14(19)8-9-16(13)18/h1,3-4,6-9,11,17-18,20H,5,10H2. The molecule has 1 aliphatic rings. The van der Waals surface area contributed by atoms with Crippen LogP contribution in [0.2, 0.25) is 5.02 Å². The van der Waals surface area contributed by atoms with Gasteiger partial charge < -0.3 is 5.11 Å². The number of aliphatic hydroxyl groups excluding tert-OH is 1. The first-order chi connectivity index (χ1) is 9.70. The van der Waals surface area contributed by atoms with E-state index in [9.17, 15) is 5.11 Å². The monoisotopic (exact) mass is 282 g/mol. The lowest BCUT2D eigenvalue weighted by Gasteiger charge is -2.31. The molecule has 100 valence electrons. The van der Waals surface area contributed by atoms with Crippen LogP contribution in [0.15, 0.2) is 42.5 Å². The van der Waals surface area contributed by atoms with Gasteiger partial charge in [0.25, 0.3) is 0 Å². The van der Waals surface area contributed by atoms with E-state index in [1.807, 2.05) is 30.3 Å². The fourth-order valence-electron chi connectivity index (χ4n) is 3.06. The first-order valence-electron chi connectivity index (χ1n) is 6.68. The Kier molecular flexibility index (Phi) is 3.53. The Morgan fingerprint density at radius 3 is 2.75 bits per heavy atom. The van der Waals surface area contributed by atoms with E-state index in [1.54, 1.807) is 0 Å². The van der Waals surface area contributed by atoms with Crippen LogP contribution in [0.5, 0.6) is 0 Å². The smallest absolute Gasteiger partial charge is 0.0758 e. The number of rotatable bonds is 2. The molecule has 20 heavy (non-hydrogen) atoms. The van der Waals surface area contributed by atoms with E-state index in [1.165, 1.54) is 16.7 Å². The van der Waals surface area contributed by atoms with Crippen molar-refractivity contribution in [2.45, 2.75) is 24.9 Å². The molecule has 0 saturated heterocycles. The maximum absolute atomic E-state index is 10.5. The van der Waals surface area contributed by atoms with Gasteiger partial charge in [0, 0.05) is 17.4 Å². The predicted molar refractivity (Wildman–Crippen MR) is 82.0 cm³/mol. The van der Waals surface area contributed by atoms with Gasteiger partial charge in [-0.25, -0.2) is 0 Å². The van der Waals surface area contributed by atoms with Gasteiger partial charge in [0.2, 0.25) is 0 Å². The molecule has 2 heteroatoms. The molecular formula is C18H15ClO. The predicted octanol–water partition coefficient (Wildman–Crippen LogP) is 3.76. The fraction of sp³-hybridized carbons (Fsp3) is 0.222. The van der Waals surface area contributed by atoms with Crippen LogP contribution in [0.25, 0.3) is 0 Å². The van der Waals surface area contributed by atoms with Crippen molar-refractivity contribution >= 4 is 11.6 Å². The summed E-state index contributed by atoms with van der Waals surface area (Å²) in [5, 5.41) is 11.2. The van der Waals surface area contributed by atoms with E-state index in [4.69, 9.17) is 18.0 Å². The topological polar surface area (TPSA) is 20.2 Å². The lowest BCUT2D eigenvalue weighted by Crippen LogP contribution is -2.24. The summed E-state index contributed by atoms with van der Waals surface area (Å²) >= 11 is 6.10. The normalized spacial score (nSPS) is 17.8. The average molecular weight is 283 g/mol. The van der Waals surface area contributed by atoms with Gasteiger partial charge in [0.05, 0.1) is 6.10 Å². The molecule has 1 aliphatic carbocycles. The van der Waals surface area contributed by atoms with Crippen molar-refractivity contribution < 1.29 is 5.11 Å². The summed E-state index contributed by atoms with van der Waals surface area (Å²) in [6.45, 7) is 0. The molecule has 0 radical (unpaired) electrons. The molecule has 0 spiro atoms. The Morgan fingerprint density at radius 2 is 1.95 bits per heavy atom. The number of benzene rings is 2. The second-order valence-corrected chi connectivity index (χ2v) is 5.61. The van der Waals surface area contributed by atoms with Gasteiger partial charge in [0.1, 0.15) is 0 Å². The Hall–Kier alpha value is -1.75. The van der Waals surface area contributed by atoms with E-state index >= 15 is 0 Å². The van der Waals surface area contributed by atoms with Crippen LogP contribution in [0.1, 0.15) is 34.6 Å². The van der Waals surface area contributed by atoms with Crippen molar-refractivity contribution in [1.29, 1.82) is 0 Å². The number of terminal acetylenes is 1. The molecule has 2 aromatic carbocycles. The van der Waals surface area contributed by atoms with Crippen LogP contribution in [0, 0.1) is 12.3 Å². The number of halogens is 1. The quantitative estimate of drug-likeness (QED) is 0.832. The number of fused-ring (bicyclic) bond motifs is 2. The van der Waals surface area contributed by atoms with E-state index in [2.05, 4.69) is 18.1 Å². The molecular weight excluding hydrogens is 268 g/mol. The number of aliphatic hydroxyl groups is 1. The van der Waals surface area contributed by atoms with Crippen molar-refractivity contribution in [2.24, 2.45) is 0 Å². The summed E-state index contributed by atoms with van der Waals surface area (Å²) in [5.74, 6) is 2.50. The number of hydrogen-bond donors (Lipinski definition) is 1. The molecule has 2 aromatic rings. The third-order valence-corrected chi connectivity index (χ3v) is 4.16. The second kappa shape index (κ2) is 5.32. The maximum Gasteiger partial charge on any atom is 0.0758 e. The highest BCUT2D eigenvalue weighted by Crippen LogP contribution is 2.40. The van der Waals surface area contributed by atoms with E-state index in [0.29, 0.717) is 6.42 Å². The Labute approximate surface area is 124 Å². The molecule has 2 unspecified atom stereocenters. The van der Waals surface area contributed by atoms with Crippen LogP contribution in [0.4, 0.5) is 0 Å². The Bertz CT molecular complexity index is 684. The summed E-state index contributed by atoms with van der Waals surface area (Å²) in [4.78, 5) is 0. The maximum atomic E-state index is 10.5. The lowest BCUT2D eigenvalue weighted by molar-refractivity contribution is 0.160. The molecule has 2 atom stereocenters. The minimum absolute atomic E-state index is 0.0664. The summed E-state index contributed by atoms with van der Waals surface area (Å²) in [7, 11) is 0. The Balaban J connectivity index is 2.15. The van der Waals surface area contributed by atoms with Gasteiger partial charge in [-0.15, -0.1) is 12.3 Å². The van der Waals surface area contributed by atoms with Crippen LogP contribution in [-0.2, 0) is 6.42 Å². The average Bonchev–Trinajstić information content (AvgIpc) is 2.44. The molecule has 0 heterocycles. The van der Waals surface area contributed by atoms with E-state index in [0.717, 1.165) is 17.0 Å². The molecule has 1 N–H and O–H groups in total. The van der Waals surface area contributed by atoms with Gasteiger partial charge in [-0.2, -0.15) is 0 Å². The van der Waals surface area contributed by atoms with Gasteiger partial charge in [0.15, 0.2) is 0 Å². The largest absolute Gasteiger partial charge is 0.391 e. The lowest BCUT2D eigenvalue weighted by atomic mass is 9.75. The highest BCUT2D eigenvalue weighted by molar-refractivity contribution is 6.30. The van der Waals surface area contributed by atoms with Gasteiger partial charge >= 0.3 is 0 Å². The van der Waals surface area contributed by atoms with Crippen LogP contribution < -0.4 is 0 Å². The zero-order valence-electron chi connectivity index (χ0n) is 11.0. The molecule has 0 saturated carbocycles.